The van der Waals surface area contributed by atoms with E-state index in [0.29, 0.717) is 32.5 Å². The second kappa shape index (κ2) is 7.46. The van der Waals surface area contributed by atoms with E-state index in [1.807, 2.05) is 24.3 Å². The lowest BCUT2D eigenvalue weighted by Crippen LogP contribution is -2.48. The van der Waals surface area contributed by atoms with Crippen LogP contribution in [0.15, 0.2) is 24.3 Å². The van der Waals surface area contributed by atoms with Crippen LogP contribution in [0.5, 0.6) is 5.75 Å². The van der Waals surface area contributed by atoms with Crippen LogP contribution in [0, 0.1) is 5.41 Å². The maximum Gasteiger partial charge on any atom is 0.318 e. The Balaban J connectivity index is 1.54. The van der Waals surface area contributed by atoms with Crippen LogP contribution in [0.3, 0.4) is 0 Å². The van der Waals surface area contributed by atoms with Crippen molar-refractivity contribution in [3.05, 3.63) is 29.8 Å². The van der Waals surface area contributed by atoms with Crippen molar-refractivity contribution in [2.24, 2.45) is 5.41 Å². The van der Waals surface area contributed by atoms with Crippen LogP contribution in [0.4, 0.5) is 4.79 Å². The third-order valence-electron chi connectivity index (χ3n) is 5.40. The molecule has 0 bridgehead atoms. The maximum absolute atomic E-state index is 12.6. The minimum atomic E-state index is -0.919. The first-order valence-corrected chi connectivity index (χ1v) is 9.03. The number of amides is 3. The van der Waals surface area contributed by atoms with Gasteiger partial charge >= 0.3 is 12.0 Å². The zero-order valence-corrected chi connectivity index (χ0v) is 15.6. The van der Waals surface area contributed by atoms with Gasteiger partial charge in [0.15, 0.2) is 0 Å². The molecule has 2 unspecified atom stereocenters. The Labute approximate surface area is 158 Å². The predicted molar refractivity (Wildman–Crippen MR) is 97.3 cm³/mol. The molecule has 0 spiro atoms. The molecule has 2 aliphatic rings. The fourth-order valence-corrected chi connectivity index (χ4v) is 3.53. The highest BCUT2D eigenvalue weighted by atomic mass is 16.5. The van der Waals surface area contributed by atoms with E-state index in [0.717, 1.165) is 11.3 Å². The number of carboxylic acid groups (broad SMARTS) is 1. The Bertz CT molecular complexity index is 735. The molecule has 2 aliphatic heterocycles. The maximum atomic E-state index is 12.6. The van der Waals surface area contributed by atoms with Gasteiger partial charge in [-0.25, -0.2) is 4.79 Å². The predicted octanol–water partition coefficient (Wildman–Crippen LogP) is 1.30. The highest BCUT2D eigenvalue weighted by molar-refractivity contribution is 5.89. The summed E-state index contributed by atoms with van der Waals surface area (Å²) in [5.74, 6) is -0.254. The van der Waals surface area contributed by atoms with Crippen molar-refractivity contribution in [2.45, 2.75) is 32.4 Å². The molecule has 2 fully saturated rings. The van der Waals surface area contributed by atoms with E-state index in [1.165, 1.54) is 4.90 Å². The number of methoxy groups -OCH3 is 1. The highest BCUT2D eigenvalue weighted by Gasteiger charge is 2.43. The van der Waals surface area contributed by atoms with Crippen molar-refractivity contribution >= 4 is 17.9 Å². The van der Waals surface area contributed by atoms with Crippen LogP contribution < -0.4 is 10.1 Å². The van der Waals surface area contributed by atoms with Gasteiger partial charge in [-0.3, -0.25) is 9.59 Å². The molecule has 3 amide bonds. The number of carbonyl (C=O) groups excluding carboxylic acids is 2. The van der Waals surface area contributed by atoms with Crippen LogP contribution in [-0.4, -0.2) is 65.6 Å². The molecule has 2 saturated heterocycles. The summed E-state index contributed by atoms with van der Waals surface area (Å²) in [6.45, 7) is 3.23. The first-order valence-electron chi connectivity index (χ1n) is 9.03. The molecule has 2 N–H and O–H groups in total. The standard InChI is InChI=1S/C19H25N3O5/c1-19(17(24)25)8-10-22(12-19)18(26)20-15-7-9-21(16(15)23)11-13-3-5-14(27-2)6-4-13/h3-6,15H,7-12H2,1-2H3,(H,20,26)(H,24,25). The van der Waals surface area contributed by atoms with Crippen LogP contribution in [0.1, 0.15) is 25.3 Å². The number of ether oxygens (including phenoxy) is 1. The SMILES string of the molecule is COc1ccc(CN2CCC(NC(=O)N3CCC(C)(C(=O)O)C3)C2=O)cc1. The smallest absolute Gasteiger partial charge is 0.318 e. The summed E-state index contributed by atoms with van der Waals surface area (Å²) >= 11 is 0. The molecule has 0 saturated carbocycles. The fourth-order valence-electron chi connectivity index (χ4n) is 3.53. The molecule has 0 radical (unpaired) electrons. The highest BCUT2D eigenvalue weighted by Crippen LogP contribution is 2.30. The summed E-state index contributed by atoms with van der Waals surface area (Å²) in [6.07, 6.45) is 0.961. The van der Waals surface area contributed by atoms with Gasteiger partial charge in [0.05, 0.1) is 12.5 Å². The summed E-state index contributed by atoms with van der Waals surface area (Å²) in [7, 11) is 1.60. The molecular formula is C19H25N3O5. The van der Waals surface area contributed by atoms with E-state index < -0.39 is 17.4 Å². The Morgan fingerprint density at radius 3 is 2.59 bits per heavy atom. The van der Waals surface area contributed by atoms with Crippen molar-refractivity contribution in [1.29, 1.82) is 0 Å². The monoisotopic (exact) mass is 375 g/mol. The van der Waals surface area contributed by atoms with Gasteiger partial charge in [-0.2, -0.15) is 0 Å². The van der Waals surface area contributed by atoms with Gasteiger partial charge in [0.25, 0.3) is 0 Å². The van der Waals surface area contributed by atoms with Crippen molar-refractivity contribution in [3.8, 4) is 5.75 Å². The quantitative estimate of drug-likeness (QED) is 0.808. The molecule has 2 heterocycles. The van der Waals surface area contributed by atoms with Gasteiger partial charge in [-0.1, -0.05) is 12.1 Å². The van der Waals surface area contributed by atoms with Gasteiger partial charge in [0.2, 0.25) is 5.91 Å². The Morgan fingerprint density at radius 2 is 2.00 bits per heavy atom. The molecule has 0 aromatic heterocycles. The van der Waals surface area contributed by atoms with Crippen molar-refractivity contribution in [2.75, 3.05) is 26.7 Å². The third kappa shape index (κ3) is 3.99. The van der Waals surface area contributed by atoms with Crippen LogP contribution in [0.2, 0.25) is 0 Å². The number of hydrogen-bond donors (Lipinski definition) is 2. The van der Waals surface area contributed by atoms with E-state index in [-0.39, 0.29) is 18.5 Å². The van der Waals surface area contributed by atoms with Crippen LogP contribution in [0.25, 0.3) is 0 Å². The molecule has 27 heavy (non-hydrogen) atoms. The van der Waals surface area contributed by atoms with Gasteiger partial charge < -0.3 is 25.0 Å². The second-order valence-corrected chi connectivity index (χ2v) is 7.44. The molecule has 8 nitrogen and oxygen atoms in total. The second-order valence-electron chi connectivity index (χ2n) is 7.44. The summed E-state index contributed by atoms with van der Waals surface area (Å²) in [5.41, 5.74) is 0.0742. The minimum Gasteiger partial charge on any atom is -0.497 e. The van der Waals surface area contributed by atoms with E-state index in [9.17, 15) is 19.5 Å². The topological polar surface area (TPSA) is 99.2 Å². The normalized spacial score (nSPS) is 25.0. The molecule has 1 aromatic rings. The average Bonchev–Trinajstić information content (AvgIpc) is 3.21. The molecular weight excluding hydrogens is 350 g/mol. The minimum absolute atomic E-state index is 0.112. The molecule has 146 valence electrons. The zero-order valence-electron chi connectivity index (χ0n) is 15.6. The van der Waals surface area contributed by atoms with E-state index in [4.69, 9.17) is 4.74 Å². The van der Waals surface area contributed by atoms with Crippen LogP contribution >= 0.6 is 0 Å². The Hall–Kier alpha value is -2.77. The van der Waals surface area contributed by atoms with Gasteiger partial charge in [0.1, 0.15) is 11.8 Å². The molecule has 8 heteroatoms. The first kappa shape index (κ1) is 19.0. The third-order valence-corrected chi connectivity index (χ3v) is 5.40. The number of urea groups is 1. The van der Waals surface area contributed by atoms with Crippen molar-refractivity contribution < 1.29 is 24.2 Å². The molecule has 1 aromatic carbocycles. The number of carbonyl (C=O) groups is 3. The van der Waals surface area contributed by atoms with Crippen LogP contribution in [-0.2, 0) is 16.1 Å². The number of carboxylic acids is 1. The van der Waals surface area contributed by atoms with E-state index in [1.54, 1.807) is 18.9 Å². The summed E-state index contributed by atoms with van der Waals surface area (Å²) in [6, 6.07) is 6.59. The Morgan fingerprint density at radius 1 is 1.30 bits per heavy atom. The van der Waals surface area contributed by atoms with Gasteiger partial charge in [0, 0.05) is 26.2 Å². The number of hydrogen-bond acceptors (Lipinski definition) is 4. The lowest BCUT2D eigenvalue weighted by atomic mass is 9.90. The number of benzene rings is 1. The zero-order chi connectivity index (χ0) is 19.6. The van der Waals surface area contributed by atoms with E-state index >= 15 is 0 Å². The lowest BCUT2D eigenvalue weighted by molar-refractivity contribution is -0.147. The number of nitrogens with one attached hydrogen (secondary N) is 1. The van der Waals surface area contributed by atoms with Crippen molar-refractivity contribution in [1.82, 2.24) is 15.1 Å². The number of nitrogens with zero attached hydrogens (tertiary/aromatic N) is 2. The number of likely N-dealkylation sites (tertiary alicyclic amines) is 2. The number of rotatable bonds is 5. The van der Waals surface area contributed by atoms with Gasteiger partial charge in [-0.05, 0) is 37.5 Å². The first-order chi connectivity index (χ1) is 12.8. The summed E-state index contributed by atoms with van der Waals surface area (Å²) in [4.78, 5) is 39.5. The Kier molecular flexibility index (Phi) is 5.25. The molecule has 0 aliphatic carbocycles. The van der Waals surface area contributed by atoms with Crippen molar-refractivity contribution in [3.63, 3.8) is 0 Å². The molecule has 2 atom stereocenters. The summed E-state index contributed by atoms with van der Waals surface area (Å²) < 4.78 is 5.13. The average molecular weight is 375 g/mol. The largest absolute Gasteiger partial charge is 0.497 e. The molecule has 3 rings (SSSR count). The fraction of sp³-hybridized carbons (Fsp3) is 0.526. The van der Waals surface area contributed by atoms with Gasteiger partial charge in [-0.15, -0.1) is 0 Å². The van der Waals surface area contributed by atoms with E-state index in [2.05, 4.69) is 5.32 Å². The summed E-state index contributed by atoms with van der Waals surface area (Å²) in [5, 5.41) is 12.0. The number of aliphatic carboxylic acids is 1. The lowest BCUT2D eigenvalue weighted by Gasteiger charge is -2.22.